The fourth-order valence-corrected chi connectivity index (χ4v) is 4.08. The Bertz CT molecular complexity index is 788. The first-order chi connectivity index (χ1) is 13.2. The molecule has 0 aliphatic carbocycles. The van der Waals surface area contributed by atoms with Gasteiger partial charge in [-0.05, 0) is 49.9 Å². The van der Waals surface area contributed by atoms with E-state index in [-0.39, 0.29) is 17.8 Å². The summed E-state index contributed by atoms with van der Waals surface area (Å²) in [5.41, 5.74) is 1.03. The lowest BCUT2D eigenvalue weighted by molar-refractivity contribution is -0.128. The van der Waals surface area contributed by atoms with Gasteiger partial charge in [-0.3, -0.25) is 9.69 Å². The third-order valence-corrected chi connectivity index (χ3v) is 5.57. The summed E-state index contributed by atoms with van der Waals surface area (Å²) in [6.07, 6.45) is 6.26. The van der Waals surface area contributed by atoms with Gasteiger partial charge in [0.1, 0.15) is 11.6 Å². The summed E-state index contributed by atoms with van der Waals surface area (Å²) in [5.74, 6) is 1.69. The highest BCUT2D eigenvalue weighted by molar-refractivity contribution is 5.81. The van der Waals surface area contributed by atoms with Crippen LogP contribution in [0.1, 0.15) is 49.3 Å². The fourth-order valence-electron chi connectivity index (χ4n) is 4.08. The highest BCUT2D eigenvalue weighted by Gasteiger charge is 2.29. The molecule has 3 heterocycles. The molecule has 6 nitrogen and oxygen atoms in total. The van der Waals surface area contributed by atoms with Crippen molar-refractivity contribution in [2.75, 3.05) is 6.54 Å². The number of halogens is 1. The predicted octanol–water partition coefficient (Wildman–Crippen LogP) is 2.42. The third-order valence-electron chi connectivity index (χ3n) is 5.57. The maximum atomic E-state index is 13.1. The van der Waals surface area contributed by atoms with Crippen LogP contribution in [0.2, 0.25) is 0 Å². The molecule has 1 aromatic heterocycles. The molecule has 1 atom stereocenters. The fraction of sp³-hybridized carbons (Fsp3) is 0.550. The minimum absolute atomic E-state index is 0.0463. The standard InChI is InChI=1S/C20H26FN5O/c21-16-9-7-15(8-10-16)14-25-11-3-1-5-17(25)20(27)22-13-19-24-23-18-6-2-4-12-26(18)19/h7-10,17H,1-6,11-14H2,(H,22,27). The van der Waals surface area contributed by atoms with Crippen LogP contribution in [0.15, 0.2) is 24.3 Å². The Morgan fingerprint density at radius 1 is 1.11 bits per heavy atom. The zero-order chi connectivity index (χ0) is 18.6. The molecule has 4 rings (SSSR count). The molecule has 1 amide bonds. The van der Waals surface area contributed by atoms with E-state index in [0.717, 1.165) is 68.8 Å². The Balaban J connectivity index is 1.38. The van der Waals surface area contributed by atoms with E-state index in [1.54, 1.807) is 12.1 Å². The molecule has 2 aliphatic rings. The normalized spacial score (nSPS) is 20.3. The van der Waals surface area contributed by atoms with Gasteiger partial charge in [0.15, 0.2) is 5.82 Å². The second-order valence-corrected chi connectivity index (χ2v) is 7.47. The van der Waals surface area contributed by atoms with Gasteiger partial charge in [0.25, 0.3) is 0 Å². The van der Waals surface area contributed by atoms with Gasteiger partial charge in [-0.1, -0.05) is 18.6 Å². The van der Waals surface area contributed by atoms with Crippen LogP contribution in [0.3, 0.4) is 0 Å². The van der Waals surface area contributed by atoms with E-state index >= 15 is 0 Å². The molecule has 7 heteroatoms. The summed E-state index contributed by atoms with van der Waals surface area (Å²) in [4.78, 5) is 15.0. The van der Waals surface area contributed by atoms with Crippen molar-refractivity contribution < 1.29 is 9.18 Å². The maximum absolute atomic E-state index is 13.1. The molecule has 27 heavy (non-hydrogen) atoms. The average molecular weight is 371 g/mol. The van der Waals surface area contributed by atoms with Crippen LogP contribution in [0.4, 0.5) is 4.39 Å². The zero-order valence-corrected chi connectivity index (χ0v) is 15.5. The average Bonchev–Trinajstić information content (AvgIpc) is 3.11. The zero-order valence-electron chi connectivity index (χ0n) is 15.5. The number of carbonyl (C=O) groups excluding carboxylic acids is 1. The number of likely N-dealkylation sites (tertiary alicyclic amines) is 1. The Morgan fingerprint density at radius 2 is 1.93 bits per heavy atom. The number of hydrogen-bond donors (Lipinski definition) is 1. The highest BCUT2D eigenvalue weighted by Crippen LogP contribution is 2.20. The highest BCUT2D eigenvalue weighted by atomic mass is 19.1. The summed E-state index contributed by atoms with van der Waals surface area (Å²) >= 11 is 0. The van der Waals surface area contributed by atoms with E-state index in [1.165, 1.54) is 12.1 Å². The molecule has 1 unspecified atom stereocenters. The predicted molar refractivity (Wildman–Crippen MR) is 99.3 cm³/mol. The summed E-state index contributed by atoms with van der Waals surface area (Å²) in [6.45, 7) is 2.91. The molecule has 2 aliphatic heterocycles. The number of aryl methyl sites for hydroxylation is 1. The largest absolute Gasteiger partial charge is 0.347 e. The smallest absolute Gasteiger partial charge is 0.237 e. The molecule has 0 spiro atoms. The van der Waals surface area contributed by atoms with E-state index in [0.29, 0.717) is 13.1 Å². The van der Waals surface area contributed by atoms with Crippen molar-refractivity contribution in [1.82, 2.24) is 25.0 Å². The van der Waals surface area contributed by atoms with Crippen molar-refractivity contribution >= 4 is 5.91 Å². The number of amides is 1. The number of piperidine rings is 1. The van der Waals surface area contributed by atoms with Crippen LogP contribution in [-0.4, -0.2) is 38.2 Å². The lowest BCUT2D eigenvalue weighted by Crippen LogP contribution is -2.49. The van der Waals surface area contributed by atoms with Crippen molar-refractivity contribution in [2.24, 2.45) is 0 Å². The first kappa shape index (κ1) is 18.1. The molecule has 0 saturated carbocycles. The lowest BCUT2D eigenvalue weighted by Gasteiger charge is -2.34. The van der Waals surface area contributed by atoms with Crippen LogP contribution in [-0.2, 0) is 30.8 Å². The van der Waals surface area contributed by atoms with Gasteiger partial charge in [0.05, 0.1) is 12.6 Å². The number of nitrogens with zero attached hydrogens (tertiary/aromatic N) is 4. The van der Waals surface area contributed by atoms with E-state index in [2.05, 4.69) is 25.0 Å². The molecule has 2 aromatic rings. The van der Waals surface area contributed by atoms with Crippen molar-refractivity contribution in [3.8, 4) is 0 Å². The number of benzene rings is 1. The second kappa shape index (κ2) is 8.17. The molecule has 144 valence electrons. The monoisotopic (exact) mass is 371 g/mol. The Morgan fingerprint density at radius 3 is 2.78 bits per heavy atom. The number of rotatable bonds is 5. The van der Waals surface area contributed by atoms with Gasteiger partial charge in [0.2, 0.25) is 5.91 Å². The lowest BCUT2D eigenvalue weighted by atomic mass is 10.0. The number of fused-ring (bicyclic) bond motifs is 1. The van der Waals surface area contributed by atoms with Gasteiger partial charge in [-0.15, -0.1) is 10.2 Å². The van der Waals surface area contributed by atoms with E-state index in [4.69, 9.17) is 0 Å². The SMILES string of the molecule is O=C(NCc1nnc2n1CCCC2)C1CCCCN1Cc1ccc(F)cc1. The molecular weight excluding hydrogens is 345 g/mol. The Hall–Kier alpha value is -2.28. The molecule has 1 aromatic carbocycles. The quantitative estimate of drug-likeness (QED) is 0.877. The minimum atomic E-state index is -0.233. The first-order valence-electron chi connectivity index (χ1n) is 9.88. The molecule has 1 saturated heterocycles. The van der Waals surface area contributed by atoms with Crippen LogP contribution < -0.4 is 5.32 Å². The molecule has 1 fully saturated rings. The summed E-state index contributed by atoms with van der Waals surface area (Å²) in [5, 5.41) is 11.6. The van der Waals surface area contributed by atoms with Crippen LogP contribution in [0, 0.1) is 5.82 Å². The Labute approximate surface area is 158 Å². The van der Waals surface area contributed by atoms with Crippen molar-refractivity contribution in [3.05, 3.63) is 47.3 Å². The maximum Gasteiger partial charge on any atom is 0.237 e. The number of hydrogen-bond acceptors (Lipinski definition) is 4. The van der Waals surface area contributed by atoms with E-state index < -0.39 is 0 Å². The van der Waals surface area contributed by atoms with Gasteiger partial charge in [-0.25, -0.2) is 4.39 Å². The number of nitrogens with one attached hydrogen (secondary N) is 1. The molecule has 0 radical (unpaired) electrons. The van der Waals surface area contributed by atoms with Gasteiger partial charge in [-0.2, -0.15) is 0 Å². The van der Waals surface area contributed by atoms with Crippen LogP contribution in [0.25, 0.3) is 0 Å². The summed E-state index contributed by atoms with van der Waals surface area (Å²) in [7, 11) is 0. The van der Waals surface area contributed by atoms with Gasteiger partial charge >= 0.3 is 0 Å². The van der Waals surface area contributed by atoms with Crippen LogP contribution in [0.5, 0.6) is 0 Å². The van der Waals surface area contributed by atoms with E-state index in [1.807, 2.05) is 0 Å². The van der Waals surface area contributed by atoms with E-state index in [9.17, 15) is 9.18 Å². The minimum Gasteiger partial charge on any atom is -0.347 e. The first-order valence-corrected chi connectivity index (χ1v) is 9.88. The molecule has 0 bridgehead atoms. The van der Waals surface area contributed by atoms with Crippen molar-refractivity contribution in [2.45, 2.75) is 64.2 Å². The number of carbonyl (C=O) groups is 1. The van der Waals surface area contributed by atoms with Crippen molar-refractivity contribution in [3.63, 3.8) is 0 Å². The van der Waals surface area contributed by atoms with Crippen molar-refractivity contribution in [1.29, 1.82) is 0 Å². The topological polar surface area (TPSA) is 63.1 Å². The van der Waals surface area contributed by atoms with Crippen LogP contribution >= 0.6 is 0 Å². The summed E-state index contributed by atoms with van der Waals surface area (Å²) < 4.78 is 15.3. The number of aromatic nitrogens is 3. The second-order valence-electron chi connectivity index (χ2n) is 7.47. The molecule has 1 N–H and O–H groups in total. The summed E-state index contributed by atoms with van der Waals surface area (Å²) in [6, 6.07) is 6.39. The van der Waals surface area contributed by atoms with Gasteiger partial charge < -0.3 is 9.88 Å². The molecular formula is C20H26FN5O. The third kappa shape index (κ3) is 4.18. The Kier molecular flexibility index (Phi) is 5.48. The van der Waals surface area contributed by atoms with Gasteiger partial charge in [0, 0.05) is 19.5 Å².